The van der Waals surface area contributed by atoms with Crippen molar-refractivity contribution in [2.75, 3.05) is 0 Å². The molecule has 2 rings (SSSR count). The van der Waals surface area contributed by atoms with Crippen LogP contribution in [0.15, 0.2) is 24.3 Å². The van der Waals surface area contributed by atoms with Crippen molar-refractivity contribution in [3.05, 3.63) is 29.8 Å². The predicted molar refractivity (Wildman–Crippen MR) is 79.6 cm³/mol. The van der Waals surface area contributed by atoms with Crippen LogP contribution in [0, 0.1) is 0 Å². The second-order valence-corrected chi connectivity index (χ2v) is 6.26. The van der Waals surface area contributed by atoms with Gasteiger partial charge in [0, 0.05) is 6.54 Å². The minimum absolute atomic E-state index is 0.0809. The summed E-state index contributed by atoms with van der Waals surface area (Å²) in [6.07, 6.45) is 0.541. The number of nitrogens with zero attached hydrogens (tertiary/aromatic N) is 1. The van der Waals surface area contributed by atoms with Crippen LogP contribution in [-0.2, 0) is 16.1 Å². The first-order chi connectivity index (χ1) is 9.70. The quantitative estimate of drug-likeness (QED) is 0.892. The molecule has 1 fully saturated rings. The van der Waals surface area contributed by atoms with Crippen molar-refractivity contribution in [3.63, 3.8) is 0 Å². The zero-order chi connectivity index (χ0) is 15.8. The maximum absolute atomic E-state index is 12.8. The van der Waals surface area contributed by atoms with Crippen LogP contribution in [-0.4, -0.2) is 32.9 Å². The minimum atomic E-state index is -0.899. The third kappa shape index (κ3) is 2.60. The molecule has 1 saturated heterocycles. The summed E-state index contributed by atoms with van der Waals surface area (Å²) in [7, 11) is 0. The molecule has 0 aliphatic carbocycles. The molecule has 5 heteroatoms. The Bertz CT molecular complexity index is 565. The number of rotatable bonds is 3. The zero-order valence-corrected chi connectivity index (χ0v) is 12.9. The topological polar surface area (TPSA) is 69.6 Å². The number of phenols is 1. The highest BCUT2D eigenvalue weighted by atomic mass is 16.3. The molecule has 0 bridgehead atoms. The summed E-state index contributed by atoms with van der Waals surface area (Å²) in [5.41, 5.74) is -0.880. The Balaban J connectivity index is 2.35. The first-order valence-electron chi connectivity index (χ1n) is 7.13. The van der Waals surface area contributed by atoms with E-state index in [9.17, 15) is 14.7 Å². The summed E-state index contributed by atoms with van der Waals surface area (Å²) in [6, 6.07) is 6.68. The van der Waals surface area contributed by atoms with Crippen molar-refractivity contribution in [2.45, 2.75) is 51.7 Å². The molecule has 1 aliphatic heterocycles. The molecule has 1 aromatic rings. The number of aromatic hydroxyl groups is 1. The number of phenolic OH excluding ortho intramolecular Hbond substituents is 1. The Morgan fingerprint density at radius 2 is 1.71 bits per heavy atom. The molecule has 21 heavy (non-hydrogen) atoms. The highest BCUT2D eigenvalue weighted by Gasteiger charge is 2.51. The second-order valence-electron chi connectivity index (χ2n) is 6.26. The predicted octanol–water partition coefficient (Wildman–Crippen LogP) is 1.80. The van der Waals surface area contributed by atoms with Gasteiger partial charge in [-0.15, -0.1) is 0 Å². The van der Waals surface area contributed by atoms with Gasteiger partial charge in [0.25, 0.3) is 0 Å². The summed E-state index contributed by atoms with van der Waals surface area (Å²) in [5.74, 6) is -0.0491. The number of piperazine rings is 1. The van der Waals surface area contributed by atoms with Gasteiger partial charge >= 0.3 is 0 Å². The van der Waals surface area contributed by atoms with E-state index in [1.54, 1.807) is 49.9 Å². The SMILES string of the molecule is CCC1(C)NC(=O)C(C)(C)N(Cc2ccc(O)cc2)C1=O. The van der Waals surface area contributed by atoms with E-state index < -0.39 is 11.1 Å². The van der Waals surface area contributed by atoms with E-state index in [4.69, 9.17) is 0 Å². The highest BCUT2D eigenvalue weighted by molar-refractivity contribution is 6.01. The summed E-state index contributed by atoms with van der Waals surface area (Å²) in [5, 5.41) is 12.2. The van der Waals surface area contributed by atoms with Crippen LogP contribution < -0.4 is 5.32 Å². The van der Waals surface area contributed by atoms with E-state index in [1.165, 1.54) is 0 Å². The Kier molecular flexibility index (Phi) is 3.70. The van der Waals surface area contributed by atoms with Gasteiger partial charge in [0.2, 0.25) is 11.8 Å². The molecule has 1 unspecified atom stereocenters. The Labute approximate surface area is 125 Å². The number of carbonyl (C=O) groups is 2. The smallest absolute Gasteiger partial charge is 0.249 e. The lowest BCUT2D eigenvalue weighted by molar-refractivity contribution is -0.161. The van der Waals surface area contributed by atoms with Crippen LogP contribution in [0.1, 0.15) is 39.7 Å². The number of nitrogens with one attached hydrogen (secondary N) is 1. The number of carbonyl (C=O) groups excluding carboxylic acids is 2. The van der Waals surface area contributed by atoms with Gasteiger partial charge in [0.1, 0.15) is 16.8 Å². The fourth-order valence-corrected chi connectivity index (χ4v) is 2.42. The first kappa shape index (κ1) is 15.4. The third-order valence-electron chi connectivity index (χ3n) is 4.32. The summed E-state index contributed by atoms with van der Waals surface area (Å²) < 4.78 is 0. The number of amides is 2. The van der Waals surface area contributed by atoms with Gasteiger partial charge < -0.3 is 15.3 Å². The van der Waals surface area contributed by atoms with Crippen molar-refractivity contribution >= 4 is 11.8 Å². The average Bonchev–Trinajstić information content (AvgIpc) is 2.44. The average molecular weight is 290 g/mol. The maximum Gasteiger partial charge on any atom is 0.249 e. The lowest BCUT2D eigenvalue weighted by Gasteiger charge is -2.48. The van der Waals surface area contributed by atoms with Gasteiger partial charge in [0.05, 0.1) is 0 Å². The summed E-state index contributed by atoms with van der Waals surface area (Å²) in [4.78, 5) is 26.7. The Morgan fingerprint density at radius 1 is 1.14 bits per heavy atom. The fourth-order valence-electron chi connectivity index (χ4n) is 2.42. The first-order valence-corrected chi connectivity index (χ1v) is 7.13. The number of benzene rings is 1. The van der Waals surface area contributed by atoms with Gasteiger partial charge in [-0.3, -0.25) is 9.59 Å². The molecule has 1 atom stereocenters. The van der Waals surface area contributed by atoms with Crippen molar-refractivity contribution in [2.24, 2.45) is 0 Å². The van der Waals surface area contributed by atoms with Crippen molar-refractivity contribution < 1.29 is 14.7 Å². The summed E-state index contributed by atoms with van der Waals surface area (Å²) in [6.45, 7) is 7.47. The Hall–Kier alpha value is -2.04. The maximum atomic E-state index is 12.8. The molecule has 2 N–H and O–H groups in total. The van der Waals surface area contributed by atoms with Crippen LogP contribution in [0.2, 0.25) is 0 Å². The van der Waals surface area contributed by atoms with E-state index in [0.717, 1.165) is 5.56 Å². The molecule has 0 spiro atoms. The number of hydrogen-bond donors (Lipinski definition) is 2. The Morgan fingerprint density at radius 3 is 2.24 bits per heavy atom. The molecule has 114 valence electrons. The highest BCUT2D eigenvalue weighted by Crippen LogP contribution is 2.29. The van der Waals surface area contributed by atoms with Crippen molar-refractivity contribution in [1.82, 2.24) is 10.2 Å². The fraction of sp³-hybridized carbons (Fsp3) is 0.500. The van der Waals surface area contributed by atoms with Crippen molar-refractivity contribution in [1.29, 1.82) is 0 Å². The minimum Gasteiger partial charge on any atom is -0.508 e. The monoisotopic (exact) mass is 290 g/mol. The summed E-state index contributed by atoms with van der Waals surface area (Å²) >= 11 is 0. The second kappa shape index (κ2) is 5.06. The van der Waals surface area contributed by atoms with E-state index >= 15 is 0 Å². The van der Waals surface area contributed by atoms with Gasteiger partial charge in [0.15, 0.2) is 0 Å². The van der Waals surface area contributed by atoms with Gasteiger partial charge in [-0.2, -0.15) is 0 Å². The largest absolute Gasteiger partial charge is 0.508 e. The lowest BCUT2D eigenvalue weighted by Crippen LogP contribution is -2.72. The zero-order valence-electron chi connectivity index (χ0n) is 12.9. The lowest BCUT2D eigenvalue weighted by atomic mass is 9.86. The van der Waals surface area contributed by atoms with Crippen molar-refractivity contribution in [3.8, 4) is 5.75 Å². The van der Waals surface area contributed by atoms with E-state index in [2.05, 4.69) is 5.32 Å². The molecular weight excluding hydrogens is 268 g/mol. The standard InChI is InChI=1S/C16H22N2O3/c1-5-16(4)14(21)18(15(2,3)13(20)17-16)10-11-6-8-12(19)9-7-11/h6-9,19H,5,10H2,1-4H3,(H,17,20). The molecule has 0 saturated carbocycles. The van der Waals surface area contributed by atoms with Gasteiger partial charge in [-0.1, -0.05) is 19.1 Å². The third-order valence-corrected chi connectivity index (χ3v) is 4.32. The van der Waals surface area contributed by atoms with Crippen LogP contribution in [0.5, 0.6) is 5.75 Å². The van der Waals surface area contributed by atoms with E-state index in [1.807, 2.05) is 6.92 Å². The normalized spacial score (nSPS) is 24.9. The molecule has 2 amide bonds. The molecular formula is C16H22N2O3. The molecule has 0 aromatic heterocycles. The molecule has 1 heterocycles. The van der Waals surface area contributed by atoms with Crippen LogP contribution in [0.4, 0.5) is 0 Å². The van der Waals surface area contributed by atoms with Gasteiger partial charge in [-0.25, -0.2) is 0 Å². The van der Waals surface area contributed by atoms with Gasteiger partial charge in [-0.05, 0) is 44.9 Å². The number of hydrogen-bond acceptors (Lipinski definition) is 3. The van der Waals surface area contributed by atoms with Crippen LogP contribution >= 0.6 is 0 Å². The molecule has 1 aliphatic rings. The molecule has 0 radical (unpaired) electrons. The molecule has 1 aromatic carbocycles. The van der Waals surface area contributed by atoms with E-state index in [0.29, 0.717) is 13.0 Å². The van der Waals surface area contributed by atoms with Crippen LogP contribution in [0.25, 0.3) is 0 Å². The van der Waals surface area contributed by atoms with E-state index in [-0.39, 0.29) is 17.6 Å². The van der Waals surface area contributed by atoms with Crippen LogP contribution in [0.3, 0.4) is 0 Å². The molecule has 5 nitrogen and oxygen atoms in total.